The molecule has 0 saturated carbocycles. The second-order valence-corrected chi connectivity index (χ2v) is 5.06. The third-order valence-electron chi connectivity index (χ3n) is 2.95. The average Bonchev–Trinajstić information content (AvgIpc) is 2.53. The molecule has 0 aliphatic carbocycles. The van der Waals surface area contributed by atoms with Gasteiger partial charge >= 0.3 is 0 Å². The maximum atomic E-state index is 12.1. The van der Waals surface area contributed by atoms with Crippen LogP contribution < -0.4 is 4.74 Å². The summed E-state index contributed by atoms with van der Waals surface area (Å²) >= 11 is 5.88. The molecule has 0 fully saturated rings. The van der Waals surface area contributed by atoms with Crippen LogP contribution in [0, 0.1) is 0 Å². The maximum absolute atomic E-state index is 12.1. The van der Waals surface area contributed by atoms with Crippen LogP contribution in [0.3, 0.4) is 0 Å². The quantitative estimate of drug-likeness (QED) is 0.435. The van der Waals surface area contributed by atoms with Crippen LogP contribution in [0.4, 0.5) is 0 Å². The van der Waals surface area contributed by atoms with E-state index in [0.717, 1.165) is 11.3 Å². The third-order valence-corrected chi connectivity index (χ3v) is 3.19. The number of carbonyl (C=O) groups excluding carboxylic acids is 1. The van der Waals surface area contributed by atoms with Crippen LogP contribution in [0.2, 0.25) is 5.02 Å². The Hall–Kier alpha value is -2.10. The fourth-order valence-electron chi connectivity index (χ4n) is 1.86. The van der Waals surface area contributed by atoms with Crippen molar-refractivity contribution in [2.75, 3.05) is 20.3 Å². The van der Waals surface area contributed by atoms with E-state index in [4.69, 9.17) is 21.1 Å². The Labute approximate surface area is 135 Å². The van der Waals surface area contributed by atoms with E-state index < -0.39 is 0 Å². The Balaban J connectivity index is 2.03. The molecule has 0 N–H and O–H groups in total. The molecule has 2 aromatic rings. The molecule has 0 amide bonds. The Kier molecular flexibility index (Phi) is 6.19. The molecule has 0 unspecified atom stereocenters. The van der Waals surface area contributed by atoms with Gasteiger partial charge in [0.1, 0.15) is 12.4 Å². The van der Waals surface area contributed by atoms with E-state index >= 15 is 0 Å². The van der Waals surface area contributed by atoms with Gasteiger partial charge in [-0.3, -0.25) is 4.79 Å². The van der Waals surface area contributed by atoms with Crippen molar-refractivity contribution in [2.45, 2.75) is 0 Å². The first kappa shape index (κ1) is 16.3. The van der Waals surface area contributed by atoms with Gasteiger partial charge in [0, 0.05) is 17.7 Å². The Morgan fingerprint density at radius 1 is 1.14 bits per heavy atom. The molecule has 3 nitrogen and oxygen atoms in total. The number of methoxy groups -OCH3 is 1. The molecule has 0 aliphatic heterocycles. The molecule has 0 atom stereocenters. The number of halogens is 1. The highest BCUT2D eigenvalue weighted by molar-refractivity contribution is 6.31. The monoisotopic (exact) mass is 316 g/mol. The van der Waals surface area contributed by atoms with Gasteiger partial charge in [-0.25, -0.2) is 0 Å². The number of rotatable bonds is 7. The topological polar surface area (TPSA) is 35.5 Å². The Morgan fingerprint density at radius 3 is 2.73 bits per heavy atom. The first-order valence-electron chi connectivity index (χ1n) is 6.89. The maximum Gasteiger partial charge on any atom is 0.185 e. The van der Waals surface area contributed by atoms with Crippen LogP contribution in [0.15, 0.2) is 54.6 Å². The van der Waals surface area contributed by atoms with Gasteiger partial charge in [0.2, 0.25) is 0 Å². The number of ketones is 1. The van der Waals surface area contributed by atoms with E-state index in [9.17, 15) is 4.79 Å². The number of carbonyl (C=O) groups is 1. The normalized spacial score (nSPS) is 10.8. The predicted molar refractivity (Wildman–Crippen MR) is 88.6 cm³/mol. The summed E-state index contributed by atoms with van der Waals surface area (Å²) in [5.41, 5.74) is 1.46. The summed E-state index contributed by atoms with van der Waals surface area (Å²) in [6.07, 6.45) is 3.28. The van der Waals surface area contributed by atoms with Gasteiger partial charge in [0.05, 0.1) is 6.61 Å². The number of allylic oxidation sites excluding steroid dienone is 1. The van der Waals surface area contributed by atoms with Gasteiger partial charge < -0.3 is 9.47 Å². The highest BCUT2D eigenvalue weighted by atomic mass is 35.5. The van der Waals surface area contributed by atoms with E-state index in [1.54, 1.807) is 37.5 Å². The third kappa shape index (κ3) is 5.02. The van der Waals surface area contributed by atoms with Crippen molar-refractivity contribution in [3.63, 3.8) is 0 Å². The zero-order valence-corrected chi connectivity index (χ0v) is 13.0. The van der Waals surface area contributed by atoms with Crippen LogP contribution in [-0.4, -0.2) is 26.1 Å². The first-order valence-corrected chi connectivity index (χ1v) is 7.26. The van der Waals surface area contributed by atoms with E-state index in [2.05, 4.69) is 0 Å². The SMILES string of the molecule is COCCOc1cccc(C=CC(=O)c2cccc(Cl)c2)c1. The summed E-state index contributed by atoms with van der Waals surface area (Å²) < 4.78 is 10.5. The summed E-state index contributed by atoms with van der Waals surface area (Å²) in [5, 5.41) is 0.549. The standard InChI is InChI=1S/C18H17ClO3/c1-21-10-11-22-17-7-2-4-14(12-17)8-9-18(20)15-5-3-6-16(19)13-15/h2-9,12-13H,10-11H2,1H3. The van der Waals surface area contributed by atoms with Crippen LogP contribution in [-0.2, 0) is 4.74 Å². The molecule has 4 heteroatoms. The molecular formula is C18H17ClO3. The minimum absolute atomic E-state index is 0.0896. The second kappa shape index (κ2) is 8.37. The zero-order valence-electron chi connectivity index (χ0n) is 12.3. The van der Waals surface area contributed by atoms with Crippen molar-refractivity contribution in [3.8, 4) is 5.75 Å². The fourth-order valence-corrected chi connectivity index (χ4v) is 2.05. The van der Waals surface area contributed by atoms with Gasteiger partial charge in [-0.05, 0) is 35.9 Å². The van der Waals surface area contributed by atoms with E-state index in [0.29, 0.717) is 23.8 Å². The number of hydrogen-bond acceptors (Lipinski definition) is 3. The van der Waals surface area contributed by atoms with Crippen molar-refractivity contribution in [3.05, 3.63) is 70.8 Å². The van der Waals surface area contributed by atoms with Crippen LogP contribution >= 0.6 is 11.6 Å². The second-order valence-electron chi connectivity index (χ2n) is 4.62. The summed E-state index contributed by atoms with van der Waals surface area (Å²) in [4.78, 5) is 12.1. The molecule has 0 radical (unpaired) electrons. The summed E-state index contributed by atoms with van der Waals surface area (Å²) in [5.74, 6) is 0.655. The van der Waals surface area contributed by atoms with Gasteiger partial charge in [-0.15, -0.1) is 0 Å². The predicted octanol–water partition coefficient (Wildman–Crippen LogP) is 4.26. The Morgan fingerprint density at radius 2 is 1.95 bits per heavy atom. The van der Waals surface area contributed by atoms with E-state index in [1.807, 2.05) is 24.3 Å². The molecule has 2 aromatic carbocycles. The average molecular weight is 317 g/mol. The molecule has 22 heavy (non-hydrogen) atoms. The van der Waals surface area contributed by atoms with Crippen molar-refractivity contribution in [1.82, 2.24) is 0 Å². The fraction of sp³-hybridized carbons (Fsp3) is 0.167. The lowest BCUT2D eigenvalue weighted by Crippen LogP contribution is -2.04. The molecule has 0 saturated heterocycles. The van der Waals surface area contributed by atoms with Gasteiger partial charge in [-0.2, -0.15) is 0 Å². The van der Waals surface area contributed by atoms with Crippen LogP contribution in [0.25, 0.3) is 6.08 Å². The minimum atomic E-state index is -0.0896. The lowest BCUT2D eigenvalue weighted by molar-refractivity contribution is 0.104. The van der Waals surface area contributed by atoms with Crippen molar-refractivity contribution >= 4 is 23.5 Å². The minimum Gasteiger partial charge on any atom is -0.491 e. The smallest absolute Gasteiger partial charge is 0.185 e. The lowest BCUT2D eigenvalue weighted by Gasteiger charge is -2.05. The first-order chi connectivity index (χ1) is 10.7. The van der Waals surface area contributed by atoms with Crippen molar-refractivity contribution in [1.29, 1.82) is 0 Å². The summed E-state index contributed by atoms with van der Waals surface area (Å²) in [6.45, 7) is 1.03. The van der Waals surface area contributed by atoms with Gasteiger partial charge in [0.15, 0.2) is 5.78 Å². The van der Waals surface area contributed by atoms with Gasteiger partial charge in [0.25, 0.3) is 0 Å². The number of hydrogen-bond donors (Lipinski definition) is 0. The van der Waals surface area contributed by atoms with E-state index in [-0.39, 0.29) is 5.78 Å². The summed E-state index contributed by atoms with van der Waals surface area (Å²) in [6, 6.07) is 14.4. The molecule has 0 aliphatic rings. The molecule has 0 bridgehead atoms. The Bertz CT molecular complexity index is 665. The molecular weight excluding hydrogens is 300 g/mol. The van der Waals surface area contributed by atoms with Crippen molar-refractivity contribution in [2.24, 2.45) is 0 Å². The van der Waals surface area contributed by atoms with E-state index in [1.165, 1.54) is 6.08 Å². The zero-order chi connectivity index (χ0) is 15.8. The highest BCUT2D eigenvalue weighted by Crippen LogP contribution is 2.16. The number of ether oxygens (including phenoxy) is 2. The van der Waals surface area contributed by atoms with Crippen molar-refractivity contribution < 1.29 is 14.3 Å². The number of benzene rings is 2. The van der Waals surface area contributed by atoms with Gasteiger partial charge in [-0.1, -0.05) is 41.9 Å². The van der Waals surface area contributed by atoms with Crippen LogP contribution in [0.1, 0.15) is 15.9 Å². The molecule has 0 heterocycles. The molecule has 114 valence electrons. The highest BCUT2D eigenvalue weighted by Gasteiger charge is 2.02. The molecule has 2 rings (SSSR count). The largest absolute Gasteiger partial charge is 0.491 e. The summed E-state index contributed by atoms with van der Waals surface area (Å²) in [7, 11) is 1.63. The lowest BCUT2D eigenvalue weighted by atomic mass is 10.1. The van der Waals surface area contributed by atoms with Crippen LogP contribution in [0.5, 0.6) is 5.75 Å². The molecule has 0 aromatic heterocycles. The molecule has 0 spiro atoms.